The first kappa shape index (κ1) is 74.2. The topological polar surface area (TPSA) is 316 Å². The van der Waals surface area contributed by atoms with Gasteiger partial charge in [-0.2, -0.15) is 0 Å². The summed E-state index contributed by atoms with van der Waals surface area (Å²) in [6.45, 7) is 14.4. The zero-order chi connectivity index (χ0) is 63.2. The van der Waals surface area contributed by atoms with Crippen molar-refractivity contribution in [2.24, 2.45) is 0 Å². The molecule has 6 fully saturated rings. The fraction of sp³-hybridized carbons (Fsp3) is 0.969. The van der Waals surface area contributed by atoms with Gasteiger partial charge in [0.2, 0.25) is 0 Å². The SMILES string of the molecule is CCCCCCCCCCCC(=O)O[C@H]1[C@H](O[C@@H]2[C@H]3OCCCCCCCCCCC(CCCCC)O[C@H]4[C@@H](O[C@H](O[C@H]2C)[C@@H]3O)O[C@H](C)[C@H](O)[C@@H]4O)O[C@@H](C)[C@H](O[C@@H]2O[C@@H](C)[C@H](OC(=O)CCCCC)[C@@H](O)[C@H]2O)[C@H]1O[C@@H]1O[C@@H](C)[C@H](O)[C@@H](O)[C@H]1O. The summed E-state index contributed by atoms with van der Waals surface area (Å²) in [5, 5.41) is 91.9. The highest BCUT2D eigenvalue weighted by molar-refractivity contribution is 5.70. The molecule has 6 rings (SSSR count). The van der Waals surface area contributed by atoms with Crippen LogP contribution in [0, 0.1) is 0 Å². The van der Waals surface area contributed by atoms with Crippen molar-refractivity contribution < 1.29 is 112 Å². The molecule has 8 N–H and O–H groups in total. The molecule has 6 aliphatic heterocycles. The molecule has 6 aliphatic rings. The molecule has 87 heavy (non-hydrogen) atoms. The normalized spacial score (nSPS) is 41.3. The monoisotopic (exact) mass is 1250 g/mol. The summed E-state index contributed by atoms with van der Waals surface area (Å²) in [5.74, 6) is -1.25. The number of rotatable bonds is 26. The Morgan fingerprint density at radius 3 is 1.48 bits per heavy atom. The van der Waals surface area contributed by atoms with Gasteiger partial charge < -0.3 is 102 Å². The van der Waals surface area contributed by atoms with Crippen LogP contribution in [-0.2, 0) is 71.2 Å². The van der Waals surface area contributed by atoms with E-state index in [9.17, 15) is 50.4 Å². The molecule has 6 heterocycles. The molecule has 0 amide bonds. The maximum absolute atomic E-state index is 14.4. The van der Waals surface area contributed by atoms with Crippen LogP contribution in [0.1, 0.15) is 229 Å². The van der Waals surface area contributed by atoms with Gasteiger partial charge in [-0.25, -0.2) is 0 Å². The van der Waals surface area contributed by atoms with Crippen LogP contribution in [0.25, 0.3) is 0 Å². The maximum Gasteiger partial charge on any atom is 0.306 e. The molecular formula is C64H114O23. The van der Waals surface area contributed by atoms with Gasteiger partial charge in [0.1, 0.15) is 79.4 Å². The number of carbonyl (C=O) groups is 2. The first-order valence-corrected chi connectivity index (χ1v) is 33.8. The molecule has 1 unspecified atom stereocenters. The number of hydrogen-bond donors (Lipinski definition) is 8. The van der Waals surface area contributed by atoms with E-state index in [1.807, 2.05) is 6.92 Å². The molecule has 26 atom stereocenters. The third kappa shape index (κ3) is 21.9. The van der Waals surface area contributed by atoms with Crippen molar-refractivity contribution in [2.75, 3.05) is 6.61 Å². The van der Waals surface area contributed by atoms with Crippen molar-refractivity contribution in [3.63, 3.8) is 0 Å². The Balaban J connectivity index is 1.33. The van der Waals surface area contributed by atoms with Gasteiger partial charge in [-0.15, -0.1) is 0 Å². The quantitative estimate of drug-likeness (QED) is 0.0346. The van der Waals surface area contributed by atoms with Crippen molar-refractivity contribution in [3.8, 4) is 0 Å². The van der Waals surface area contributed by atoms with Gasteiger partial charge in [0.05, 0.1) is 36.6 Å². The first-order chi connectivity index (χ1) is 41.8. The summed E-state index contributed by atoms with van der Waals surface area (Å²) in [6.07, 6.45) is -12.4. The number of ether oxygens (including phenoxy) is 13. The number of carbonyl (C=O) groups excluding carboxylic acids is 2. The third-order valence-corrected chi connectivity index (χ3v) is 18.2. The van der Waals surface area contributed by atoms with E-state index >= 15 is 0 Å². The zero-order valence-corrected chi connectivity index (χ0v) is 53.5. The Labute approximate surface area is 517 Å². The van der Waals surface area contributed by atoms with Gasteiger partial charge in [-0.1, -0.05) is 149 Å². The second-order valence-corrected chi connectivity index (χ2v) is 25.5. The molecule has 0 aromatic heterocycles. The highest BCUT2D eigenvalue weighted by Crippen LogP contribution is 2.39. The fourth-order valence-corrected chi connectivity index (χ4v) is 12.7. The van der Waals surface area contributed by atoms with E-state index in [-0.39, 0.29) is 25.6 Å². The molecular weight excluding hydrogens is 1140 g/mol. The summed E-state index contributed by atoms with van der Waals surface area (Å²) < 4.78 is 83.6. The van der Waals surface area contributed by atoms with Crippen molar-refractivity contribution in [3.05, 3.63) is 0 Å². The minimum Gasteiger partial charge on any atom is -0.457 e. The average molecular weight is 1250 g/mol. The molecule has 0 spiro atoms. The van der Waals surface area contributed by atoms with Crippen LogP contribution in [-0.4, -0.2) is 219 Å². The molecule has 508 valence electrons. The number of fused-ring (bicyclic) bond motifs is 3. The van der Waals surface area contributed by atoms with E-state index in [4.69, 9.17) is 61.6 Å². The third-order valence-electron chi connectivity index (χ3n) is 18.2. The molecule has 6 saturated heterocycles. The van der Waals surface area contributed by atoms with Crippen molar-refractivity contribution in [1.29, 1.82) is 0 Å². The van der Waals surface area contributed by atoms with E-state index in [0.717, 1.165) is 128 Å². The van der Waals surface area contributed by atoms with Gasteiger partial charge in [0, 0.05) is 19.4 Å². The van der Waals surface area contributed by atoms with Crippen LogP contribution in [0.3, 0.4) is 0 Å². The van der Waals surface area contributed by atoms with Gasteiger partial charge in [0.25, 0.3) is 0 Å². The van der Waals surface area contributed by atoms with E-state index in [1.54, 1.807) is 27.7 Å². The lowest BCUT2D eigenvalue weighted by Gasteiger charge is -2.51. The second-order valence-electron chi connectivity index (χ2n) is 25.5. The molecule has 0 saturated carbocycles. The molecule has 0 aromatic carbocycles. The minimum atomic E-state index is -1.86. The summed E-state index contributed by atoms with van der Waals surface area (Å²) in [6, 6.07) is 0. The second kappa shape index (κ2) is 38.4. The van der Waals surface area contributed by atoms with E-state index in [1.165, 1.54) is 19.8 Å². The largest absolute Gasteiger partial charge is 0.457 e. The highest BCUT2D eigenvalue weighted by Gasteiger charge is 2.58. The predicted molar refractivity (Wildman–Crippen MR) is 315 cm³/mol. The lowest BCUT2D eigenvalue weighted by Crippen LogP contribution is -2.68. The molecule has 0 aromatic rings. The number of unbranched alkanes of at least 4 members (excludes halogenated alkanes) is 12. The molecule has 2 bridgehead atoms. The van der Waals surface area contributed by atoms with E-state index in [0.29, 0.717) is 19.3 Å². The Morgan fingerprint density at radius 2 is 0.828 bits per heavy atom. The summed E-state index contributed by atoms with van der Waals surface area (Å²) in [7, 11) is 0. The Kier molecular flexibility index (Phi) is 32.7. The van der Waals surface area contributed by atoms with Crippen LogP contribution in [0.4, 0.5) is 0 Å². The van der Waals surface area contributed by atoms with Gasteiger partial charge in [-0.05, 0) is 66.7 Å². The van der Waals surface area contributed by atoms with Gasteiger partial charge >= 0.3 is 11.9 Å². The maximum atomic E-state index is 14.4. The molecule has 23 nitrogen and oxygen atoms in total. The van der Waals surface area contributed by atoms with Crippen LogP contribution in [0.2, 0.25) is 0 Å². The van der Waals surface area contributed by atoms with Crippen molar-refractivity contribution in [2.45, 2.75) is 388 Å². The van der Waals surface area contributed by atoms with Crippen molar-refractivity contribution >= 4 is 11.9 Å². The molecule has 23 heteroatoms. The lowest BCUT2D eigenvalue weighted by atomic mass is 9.95. The van der Waals surface area contributed by atoms with Crippen LogP contribution in [0.5, 0.6) is 0 Å². The number of aliphatic hydroxyl groups is 8. The van der Waals surface area contributed by atoms with Crippen molar-refractivity contribution in [1.82, 2.24) is 0 Å². The number of esters is 2. The number of aliphatic hydroxyl groups excluding tert-OH is 8. The number of hydrogen-bond acceptors (Lipinski definition) is 23. The Hall–Kier alpha value is -1.82. The van der Waals surface area contributed by atoms with E-state index in [2.05, 4.69) is 13.8 Å². The standard InChI is InChI=1S/C64H114O23/c1-9-12-15-16-17-18-22-25-30-35-44(66)83-59-58(86-60-50(72)47(69)45(67)37(4)76-60)55(84-61-51(73)49(71)53(39(6)78-61)82-43(65)34-28-14-11-3)41(8)80-64(59)85-54-40(7)79-62-52(74)56(54)75-36-31-26-23-20-19-21-24-29-33-42(32-27-13-10-2)81-57-48(70)46(68)38(5)77-63(57)87-62/h37-42,45-64,67-74H,9-36H2,1-8H3/t37-,38+,39-,40-,41-,42?,45-,46-,47+,48-,49-,50+,51+,52+,53-,54-,55-,56-,57+,58+,59+,60-,61-,62-,63+,64-/m0/s1. The van der Waals surface area contributed by atoms with Gasteiger partial charge in [-0.3, -0.25) is 9.59 Å². The highest BCUT2D eigenvalue weighted by atomic mass is 16.8. The predicted octanol–water partition coefficient (Wildman–Crippen LogP) is 6.34. The molecule has 0 aliphatic carbocycles. The summed E-state index contributed by atoms with van der Waals surface area (Å²) >= 11 is 0. The smallest absolute Gasteiger partial charge is 0.306 e. The first-order valence-electron chi connectivity index (χ1n) is 33.8. The van der Waals surface area contributed by atoms with Crippen LogP contribution in [0.15, 0.2) is 0 Å². The Bertz CT molecular complexity index is 1910. The minimum absolute atomic E-state index is 0.0335. The average Bonchev–Trinajstić information content (AvgIpc) is 1.12. The lowest BCUT2D eigenvalue weighted by molar-refractivity contribution is -0.404. The van der Waals surface area contributed by atoms with Crippen LogP contribution >= 0.6 is 0 Å². The van der Waals surface area contributed by atoms with Crippen LogP contribution < -0.4 is 0 Å². The summed E-state index contributed by atoms with van der Waals surface area (Å²) in [4.78, 5) is 27.2. The van der Waals surface area contributed by atoms with E-state index < -0.39 is 165 Å². The van der Waals surface area contributed by atoms with Gasteiger partial charge in [0.15, 0.2) is 43.7 Å². The molecule has 0 radical (unpaired) electrons. The Morgan fingerprint density at radius 1 is 0.368 bits per heavy atom. The zero-order valence-electron chi connectivity index (χ0n) is 53.5. The fourth-order valence-electron chi connectivity index (χ4n) is 12.7. The summed E-state index contributed by atoms with van der Waals surface area (Å²) in [5.41, 5.74) is 0.